The molecule has 18 heavy (non-hydrogen) atoms. The van der Waals surface area contributed by atoms with Gasteiger partial charge in [0.2, 0.25) is 5.75 Å². The van der Waals surface area contributed by atoms with Gasteiger partial charge in [0.25, 0.3) is 0 Å². The van der Waals surface area contributed by atoms with Crippen LogP contribution >= 0.6 is 28.1 Å². The van der Waals surface area contributed by atoms with Gasteiger partial charge in [0, 0.05) is 15.6 Å². The molecule has 1 aromatic carbocycles. The first kappa shape index (κ1) is 14.3. The van der Waals surface area contributed by atoms with E-state index in [1.165, 1.54) is 19.2 Å². The van der Waals surface area contributed by atoms with E-state index in [0.29, 0.717) is 10.0 Å². The number of nitro groups is 1. The van der Waals surface area contributed by atoms with Crippen molar-refractivity contribution in [1.82, 2.24) is 5.43 Å². The SMILES string of the molecule is Cc1c(Br)cc(C=NNC(N)=S)c(O)c1[N+](=O)[O-]. The highest BCUT2D eigenvalue weighted by Gasteiger charge is 2.22. The van der Waals surface area contributed by atoms with E-state index in [9.17, 15) is 15.2 Å². The zero-order chi connectivity index (χ0) is 13.9. The molecule has 9 heteroatoms. The van der Waals surface area contributed by atoms with Gasteiger partial charge in [0.15, 0.2) is 5.11 Å². The summed E-state index contributed by atoms with van der Waals surface area (Å²) in [6.45, 7) is 1.52. The Labute approximate surface area is 116 Å². The number of phenolic OH excluding ortho intramolecular Hbond substituents is 1. The van der Waals surface area contributed by atoms with Gasteiger partial charge in [-0.1, -0.05) is 15.9 Å². The van der Waals surface area contributed by atoms with E-state index in [-0.39, 0.29) is 16.4 Å². The summed E-state index contributed by atoms with van der Waals surface area (Å²) in [4.78, 5) is 10.2. The first-order valence-corrected chi connectivity index (χ1v) is 5.79. The largest absolute Gasteiger partial charge is 0.502 e. The van der Waals surface area contributed by atoms with Crippen molar-refractivity contribution in [2.75, 3.05) is 0 Å². The topological polar surface area (TPSA) is 114 Å². The van der Waals surface area contributed by atoms with Crippen molar-refractivity contribution in [3.8, 4) is 5.75 Å². The zero-order valence-electron chi connectivity index (χ0n) is 9.18. The van der Waals surface area contributed by atoms with Crippen molar-refractivity contribution in [1.29, 1.82) is 0 Å². The number of phenols is 1. The lowest BCUT2D eigenvalue weighted by molar-refractivity contribution is -0.386. The third kappa shape index (κ3) is 3.14. The number of nitro benzene ring substituents is 1. The summed E-state index contributed by atoms with van der Waals surface area (Å²) in [5.41, 5.74) is 7.57. The Hall–Kier alpha value is -1.74. The van der Waals surface area contributed by atoms with Gasteiger partial charge in [-0.2, -0.15) is 5.10 Å². The molecule has 0 aliphatic heterocycles. The lowest BCUT2D eigenvalue weighted by atomic mass is 10.1. The molecule has 96 valence electrons. The normalized spacial score (nSPS) is 10.6. The van der Waals surface area contributed by atoms with E-state index in [0.717, 1.165) is 0 Å². The minimum Gasteiger partial charge on any atom is -0.502 e. The van der Waals surface area contributed by atoms with Gasteiger partial charge in [-0.15, -0.1) is 0 Å². The number of hydrazone groups is 1. The van der Waals surface area contributed by atoms with Crippen molar-refractivity contribution in [3.05, 3.63) is 31.8 Å². The summed E-state index contributed by atoms with van der Waals surface area (Å²) in [7, 11) is 0. The van der Waals surface area contributed by atoms with E-state index >= 15 is 0 Å². The molecule has 0 aromatic heterocycles. The van der Waals surface area contributed by atoms with Crippen molar-refractivity contribution in [2.45, 2.75) is 6.92 Å². The number of nitrogens with one attached hydrogen (secondary N) is 1. The maximum absolute atomic E-state index is 10.9. The smallest absolute Gasteiger partial charge is 0.315 e. The molecule has 0 saturated heterocycles. The summed E-state index contributed by atoms with van der Waals surface area (Å²) in [6.07, 6.45) is 1.19. The fraction of sp³-hybridized carbons (Fsp3) is 0.111. The van der Waals surface area contributed by atoms with Crippen LogP contribution in [-0.2, 0) is 0 Å². The number of thiocarbonyl (C=S) groups is 1. The van der Waals surface area contributed by atoms with Crippen LogP contribution in [0.2, 0.25) is 0 Å². The van der Waals surface area contributed by atoms with Crippen molar-refractivity contribution in [3.63, 3.8) is 0 Å². The molecule has 0 saturated carbocycles. The van der Waals surface area contributed by atoms with Crippen LogP contribution in [0.15, 0.2) is 15.6 Å². The fourth-order valence-electron chi connectivity index (χ4n) is 1.23. The Morgan fingerprint density at radius 3 is 2.89 bits per heavy atom. The average molecular weight is 333 g/mol. The van der Waals surface area contributed by atoms with E-state index in [2.05, 4.69) is 38.7 Å². The van der Waals surface area contributed by atoms with Gasteiger partial charge in [0.05, 0.1) is 11.1 Å². The molecule has 0 atom stereocenters. The van der Waals surface area contributed by atoms with Crippen LogP contribution in [-0.4, -0.2) is 21.4 Å². The molecular weight excluding hydrogens is 324 g/mol. The molecule has 0 radical (unpaired) electrons. The van der Waals surface area contributed by atoms with Gasteiger partial charge in [-0.05, 0) is 25.2 Å². The Morgan fingerprint density at radius 1 is 1.78 bits per heavy atom. The number of hydrogen-bond acceptors (Lipinski definition) is 5. The molecular formula is C9H9BrN4O3S. The first-order valence-electron chi connectivity index (χ1n) is 4.59. The molecule has 0 aliphatic rings. The van der Waals surface area contributed by atoms with E-state index < -0.39 is 10.7 Å². The maximum Gasteiger partial charge on any atom is 0.315 e. The van der Waals surface area contributed by atoms with Gasteiger partial charge in [-0.3, -0.25) is 15.5 Å². The summed E-state index contributed by atoms with van der Waals surface area (Å²) in [5, 5.41) is 24.2. The predicted octanol–water partition coefficient (Wildman–Crippen LogP) is 1.54. The number of nitrogens with two attached hydrogens (primary N) is 1. The Balaban J connectivity index is 3.26. The zero-order valence-corrected chi connectivity index (χ0v) is 11.6. The van der Waals surface area contributed by atoms with Crippen LogP contribution in [0.3, 0.4) is 0 Å². The number of aromatic hydroxyl groups is 1. The second-order valence-electron chi connectivity index (χ2n) is 3.26. The third-order valence-corrected chi connectivity index (χ3v) is 2.97. The second kappa shape index (κ2) is 5.74. The molecule has 0 heterocycles. The molecule has 1 rings (SSSR count). The lowest BCUT2D eigenvalue weighted by Crippen LogP contribution is -2.24. The van der Waals surface area contributed by atoms with Crippen LogP contribution < -0.4 is 11.2 Å². The molecule has 7 nitrogen and oxygen atoms in total. The van der Waals surface area contributed by atoms with Crippen molar-refractivity contribution >= 4 is 45.2 Å². The van der Waals surface area contributed by atoms with E-state index in [1.54, 1.807) is 0 Å². The van der Waals surface area contributed by atoms with Crippen LogP contribution in [0.25, 0.3) is 0 Å². The summed E-state index contributed by atoms with van der Waals surface area (Å²) in [6, 6.07) is 1.50. The number of benzene rings is 1. The number of rotatable bonds is 3. The molecule has 1 aromatic rings. The minimum absolute atomic E-state index is 0.0496. The molecule has 0 fully saturated rings. The Morgan fingerprint density at radius 2 is 2.39 bits per heavy atom. The second-order valence-corrected chi connectivity index (χ2v) is 4.56. The highest BCUT2D eigenvalue weighted by molar-refractivity contribution is 9.10. The predicted molar refractivity (Wildman–Crippen MR) is 74.7 cm³/mol. The van der Waals surface area contributed by atoms with Crippen LogP contribution in [0.4, 0.5) is 5.69 Å². The van der Waals surface area contributed by atoms with Crippen molar-refractivity contribution < 1.29 is 10.0 Å². The summed E-state index contributed by atoms with van der Waals surface area (Å²) >= 11 is 7.70. The highest BCUT2D eigenvalue weighted by Crippen LogP contribution is 2.36. The maximum atomic E-state index is 10.9. The van der Waals surface area contributed by atoms with Crippen molar-refractivity contribution in [2.24, 2.45) is 10.8 Å². The fourth-order valence-corrected chi connectivity index (χ4v) is 1.71. The number of nitrogens with zero attached hydrogens (tertiary/aromatic N) is 2. The highest BCUT2D eigenvalue weighted by atomic mass is 79.9. The van der Waals surface area contributed by atoms with Crippen LogP contribution in [0, 0.1) is 17.0 Å². The molecule has 0 amide bonds. The standard InChI is InChI=1S/C9H9BrN4O3S/c1-4-6(10)2-5(3-12-13-9(11)18)8(15)7(4)14(16)17/h2-3,15H,1H3,(H3,11,13,18). The molecule has 0 spiro atoms. The monoisotopic (exact) mass is 332 g/mol. The van der Waals surface area contributed by atoms with Crippen LogP contribution in [0.1, 0.15) is 11.1 Å². The molecule has 0 aliphatic carbocycles. The Bertz CT molecular complexity index is 547. The summed E-state index contributed by atoms with van der Waals surface area (Å²) in [5.74, 6) is -0.464. The quantitative estimate of drug-likeness (QED) is 0.335. The summed E-state index contributed by atoms with van der Waals surface area (Å²) < 4.78 is 0.490. The molecule has 4 N–H and O–H groups in total. The van der Waals surface area contributed by atoms with E-state index in [4.69, 9.17) is 5.73 Å². The number of hydrogen-bond donors (Lipinski definition) is 3. The van der Waals surface area contributed by atoms with Gasteiger partial charge < -0.3 is 10.8 Å². The average Bonchev–Trinajstić information content (AvgIpc) is 2.24. The lowest BCUT2D eigenvalue weighted by Gasteiger charge is -2.05. The minimum atomic E-state index is -0.659. The van der Waals surface area contributed by atoms with Gasteiger partial charge in [-0.25, -0.2) is 0 Å². The van der Waals surface area contributed by atoms with E-state index in [1.807, 2.05) is 0 Å². The number of halogens is 1. The third-order valence-electron chi connectivity index (χ3n) is 2.05. The Kier molecular flexibility index (Phi) is 4.56. The molecule has 0 unspecified atom stereocenters. The first-order chi connectivity index (χ1) is 8.34. The van der Waals surface area contributed by atoms with Gasteiger partial charge in [0.1, 0.15) is 0 Å². The van der Waals surface area contributed by atoms with Crippen LogP contribution in [0.5, 0.6) is 5.75 Å². The van der Waals surface area contributed by atoms with Gasteiger partial charge >= 0.3 is 5.69 Å². The molecule has 0 bridgehead atoms.